The molecule has 2 rings (SSSR count). The molecule has 114 valence electrons. The van der Waals surface area contributed by atoms with Gasteiger partial charge in [-0.1, -0.05) is 6.92 Å². The molecule has 1 aromatic heterocycles. The number of nitrogens with one attached hydrogen (secondary N) is 1. The zero-order valence-electron chi connectivity index (χ0n) is 12.8. The molecule has 0 saturated carbocycles. The summed E-state index contributed by atoms with van der Waals surface area (Å²) in [4.78, 5) is 7.01. The van der Waals surface area contributed by atoms with Crippen LogP contribution in [0.15, 0.2) is 5.38 Å². The molecule has 0 aromatic carbocycles. The van der Waals surface area contributed by atoms with Gasteiger partial charge in [0.1, 0.15) is 12.2 Å². The molecule has 1 N–H and O–H groups in total. The smallest absolute Gasteiger partial charge is 0.185 e. The van der Waals surface area contributed by atoms with Crippen LogP contribution in [-0.2, 0) is 9.47 Å². The second kappa shape index (κ2) is 7.36. The summed E-state index contributed by atoms with van der Waals surface area (Å²) in [6, 6.07) is 0.305. The zero-order valence-corrected chi connectivity index (χ0v) is 13.6. The van der Waals surface area contributed by atoms with Crippen LogP contribution in [0, 0.1) is 0 Å². The summed E-state index contributed by atoms with van der Waals surface area (Å²) in [5.41, 5.74) is 1.12. The summed E-state index contributed by atoms with van der Waals surface area (Å²) in [6.07, 6.45) is 1.39. The highest BCUT2D eigenvalue weighted by Crippen LogP contribution is 2.28. The van der Waals surface area contributed by atoms with Gasteiger partial charge >= 0.3 is 0 Å². The Morgan fingerprint density at radius 2 is 2.05 bits per heavy atom. The van der Waals surface area contributed by atoms with Gasteiger partial charge in [0.05, 0.1) is 5.69 Å². The maximum Gasteiger partial charge on any atom is 0.185 e. The highest BCUT2D eigenvalue weighted by atomic mass is 32.1. The van der Waals surface area contributed by atoms with E-state index in [4.69, 9.17) is 14.5 Å². The maximum absolute atomic E-state index is 5.47. The molecule has 1 fully saturated rings. The van der Waals surface area contributed by atoms with Crippen LogP contribution in [0.4, 0.5) is 5.13 Å². The summed E-state index contributed by atoms with van der Waals surface area (Å²) in [5, 5.41) is 6.67. The van der Waals surface area contributed by atoms with E-state index in [2.05, 4.69) is 29.4 Å². The minimum absolute atomic E-state index is 0.128. The lowest BCUT2D eigenvalue weighted by atomic mass is 10.2. The average Bonchev–Trinajstić information content (AvgIpc) is 3.10. The molecule has 0 amide bonds. The van der Waals surface area contributed by atoms with Crippen LogP contribution in [-0.4, -0.2) is 51.0 Å². The first kappa shape index (κ1) is 15.7. The van der Waals surface area contributed by atoms with Crippen LogP contribution in [0.3, 0.4) is 0 Å². The maximum atomic E-state index is 5.47. The lowest BCUT2D eigenvalue weighted by Gasteiger charge is -2.14. The van der Waals surface area contributed by atoms with Crippen molar-refractivity contribution in [3.05, 3.63) is 11.1 Å². The van der Waals surface area contributed by atoms with Crippen LogP contribution < -0.4 is 10.2 Å². The molecule has 20 heavy (non-hydrogen) atoms. The number of aromatic nitrogens is 1. The quantitative estimate of drug-likeness (QED) is 0.835. The number of hydrogen-bond acceptors (Lipinski definition) is 6. The van der Waals surface area contributed by atoms with Crippen molar-refractivity contribution in [2.45, 2.75) is 38.5 Å². The van der Waals surface area contributed by atoms with Crippen molar-refractivity contribution in [1.82, 2.24) is 10.3 Å². The Morgan fingerprint density at radius 1 is 1.40 bits per heavy atom. The first-order valence-corrected chi connectivity index (χ1v) is 8.06. The van der Waals surface area contributed by atoms with Crippen LogP contribution in [0.2, 0.25) is 0 Å². The van der Waals surface area contributed by atoms with Crippen molar-refractivity contribution in [3.8, 4) is 0 Å². The first-order chi connectivity index (χ1) is 9.69. The van der Waals surface area contributed by atoms with E-state index in [0.717, 1.165) is 36.9 Å². The Hall–Kier alpha value is -0.690. The molecule has 3 atom stereocenters. The molecular formula is C14H25N3O2S. The standard InChI is InChI=1S/C14H25N3O2S/c1-5-6-15-10(2)11-9-20-14(16-11)17-7-12(18-3)13(8-17)19-4/h9-10,12-13,15H,5-8H2,1-4H3. The first-order valence-electron chi connectivity index (χ1n) is 7.18. The number of rotatable bonds is 7. The van der Waals surface area contributed by atoms with E-state index in [-0.39, 0.29) is 12.2 Å². The largest absolute Gasteiger partial charge is 0.377 e. The fourth-order valence-corrected chi connectivity index (χ4v) is 3.38. The van der Waals surface area contributed by atoms with Gasteiger partial charge in [-0.15, -0.1) is 11.3 Å². The van der Waals surface area contributed by atoms with Crippen LogP contribution in [0.5, 0.6) is 0 Å². The van der Waals surface area contributed by atoms with Crippen LogP contribution >= 0.6 is 11.3 Å². The van der Waals surface area contributed by atoms with Crippen molar-refractivity contribution in [3.63, 3.8) is 0 Å². The Balaban J connectivity index is 1.99. The number of anilines is 1. The molecule has 0 spiro atoms. The van der Waals surface area contributed by atoms with Gasteiger partial charge in [0.15, 0.2) is 5.13 Å². The number of hydrogen-bond donors (Lipinski definition) is 1. The highest BCUT2D eigenvalue weighted by Gasteiger charge is 2.34. The summed E-state index contributed by atoms with van der Waals surface area (Å²) in [7, 11) is 3.48. The molecule has 1 aliphatic heterocycles. The third-order valence-corrected chi connectivity index (χ3v) is 4.66. The topological polar surface area (TPSA) is 46.6 Å². The Kier molecular flexibility index (Phi) is 5.77. The average molecular weight is 299 g/mol. The third kappa shape index (κ3) is 3.49. The number of thiazole rings is 1. The lowest BCUT2D eigenvalue weighted by Crippen LogP contribution is -2.27. The molecule has 2 heterocycles. The van der Waals surface area contributed by atoms with E-state index < -0.39 is 0 Å². The van der Waals surface area contributed by atoms with Gasteiger partial charge in [-0.25, -0.2) is 4.98 Å². The number of ether oxygens (including phenoxy) is 2. The van der Waals surface area contributed by atoms with Crippen molar-refractivity contribution in [1.29, 1.82) is 0 Å². The van der Waals surface area contributed by atoms with Gasteiger partial charge in [0.2, 0.25) is 0 Å². The molecule has 1 aromatic rings. The molecule has 6 heteroatoms. The minimum atomic E-state index is 0.128. The third-order valence-electron chi connectivity index (χ3n) is 3.75. The molecule has 5 nitrogen and oxygen atoms in total. The lowest BCUT2D eigenvalue weighted by molar-refractivity contribution is -0.00461. The normalized spacial score (nSPS) is 24.3. The summed E-state index contributed by atoms with van der Waals surface area (Å²) in [5.74, 6) is 0. The van der Waals surface area contributed by atoms with E-state index in [1.165, 1.54) is 0 Å². The van der Waals surface area contributed by atoms with Gasteiger partial charge in [-0.3, -0.25) is 0 Å². The highest BCUT2D eigenvalue weighted by molar-refractivity contribution is 7.13. The van der Waals surface area contributed by atoms with Gasteiger partial charge in [-0.2, -0.15) is 0 Å². The summed E-state index contributed by atoms with van der Waals surface area (Å²) >= 11 is 1.70. The molecule has 0 radical (unpaired) electrons. The van der Waals surface area contributed by atoms with Crippen molar-refractivity contribution >= 4 is 16.5 Å². The number of methoxy groups -OCH3 is 2. The minimum Gasteiger partial charge on any atom is -0.377 e. The summed E-state index contributed by atoms with van der Waals surface area (Å²) < 4.78 is 10.9. The Morgan fingerprint density at radius 3 is 2.60 bits per heavy atom. The molecule has 3 unspecified atom stereocenters. The Labute approximate surface area is 125 Å². The second-order valence-corrected chi connectivity index (χ2v) is 6.02. The van der Waals surface area contributed by atoms with Crippen molar-refractivity contribution in [2.75, 3.05) is 38.8 Å². The zero-order chi connectivity index (χ0) is 14.5. The van der Waals surface area contributed by atoms with Crippen LogP contribution in [0.1, 0.15) is 32.0 Å². The second-order valence-electron chi connectivity index (χ2n) is 5.18. The molecule has 0 bridgehead atoms. The van der Waals surface area contributed by atoms with E-state index in [1.54, 1.807) is 25.6 Å². The van der Waals surface area contributed by atoms with Crippen LogP contribution in [0.25, 0.3) is 0 Å². The fraction of sp³-hybridized carbons (Fsp3) is 0.786. The van der Waals surface area contributed by atoms with Gasteiger partial charge in [-0.05, 0) is 19.9 Å². The SMILES string of the molecule is CCCNC(C)c1csc(N2CC(OC)C(OC)C2)n1. The van der Waals surface area contributed by atoms with Gasteiger partial charge in [0.25, 0.3) is 0 Å². The molecule has 1 aliphatic rings. The molecule has 0 aliphatic carbocycles. The monoisotopic (exact) mass is 299 g/mol. The Bertz CT molecular complexity index is 401. The van der Waals surface area contributed by atoms with E-state index in [9.17, 15) is 0 Å². The van der Waals surface area contributed by atoms with E-state index >= 15 is 0 Å². The molecule has 1 saturated heterocycles. The molecular weight excluding hydrogens is 274 g/mol. The number of nitrogens with zero attached hydrogens (tertiary/aromatic N) is 2. The van der Waals surface area contributed by atoms with Crippen molar-refractivity contribution < 1.29 is 9.47 Å². The summed E-state index contributed by atoms with van der Waals surface area (Å²) in [6.45, 7) is 7.05. The van der Waals surface area contributed by atoms with Gasteiger partial charge < -0.3 is 19.7 Å². The fourth-order valence-electron chi connectivity index (χ4n) is 2.44. The van der Waals surface area contributed by atoms with Gasteiger partial charge in [0, 0.05) is 38.7 Å². The van der Waals surface area contributed by atoms with Crippen molar-refractivity contribution in [2.24, 2.45) is 0 Å². The van der Waals surface area contributed by atoms with E-state index in [1.807, 2.05) is 0 Å². The predicted molar refractivity (Wildman–Crippen MR) is 82.6 cm³/mol. The predicted octanol–water partition coefficient (Wildman–Crippen LogP) is 2.05. The van der Waals surface area contributed by atoms with E-state index in [0.29, 0.717) is 6.04 Å².